The van der Waals surface area contributed by atoms with Gasteiger partial charge in [-0.1, -0.05) is 0 Å². The molecule has 1 saturated heterocycles. The quantitative estimate of drug-likeness (QED) is 0.913. The van der Waals surface area contributed by atoms with E-state index in [2.05, 4.69) is 5.10 Å². The van der Waals surface area contributed by atoms with Crippen molar-refractivity contribution in [2.75, 3.05) is 13.7 Å². The van der Waals surface area contributed by atoms with E-state index in [1.54, 1.807) is 13.3 Å². The third kappa shape index (κ3) is 2.62. The highest BCUT2D eigenvalue weighted by Gasteiger charge is 2.44. The summed E-state index contributed by atoms with van der Waals surface area (Å²) in [5.41, 5.74) is -0.529. The van der Waals surface area contributed by atoms with E-state index < -0.39 is 5.60 Å². The van der Waals surface area contributed by atoms with E-state index in [0.717, 1.165) is 5.69 Å². The van der Waals surface area contributed by atoms with Crippen molar-refractivity contribution in [2.45, 2.75) is 57.8 Å². The third-order valence-corrected chi connectivity index (χ3v) is 3.64. The Hall–Kier alpha value is -1.07. The van der Waals surface area contributed by atoms with Gasteiger partial charge in [0.25, 0.3) is 0 Å². The van der Waals surface area contributed by atoms with Crippen LogP contribution in [0.2, 0.25) is 0 Å². The molecule has 0 amide bonds. The summed E-state index contributed by atoms with van der Waals surface area (Å²) in [6.07, 6.45) is 2.77. The summed E-state index contributed by atoms with van der Waals surface area (Å²) in [6, 6.07) is 0.175. The van der Waals surface area contributed by atoms with Crippen molar-refractivity contribution in [1.29, 1.82) is 0 Å². The van der Waals surface area contributed by atoms with Crippen LogP contribution in [0.25, 0.3) is 0 Å². The number of aromatic nitrogens is 2. The molecule has 1 N–H and O–H groups in total. The average Bonchev–Trinajstić information content (AvgIpc) is 2.71. The Morgan fingerprint density at radius 3 is 2.68 bits per heavy atom. The van der Waals surface area contributed by atoms with Crippen LogP contribution in [-0.4, -0.2) is 34.2 Å². The Bertz CT molecular complexity index is 454. The lowest BCUT2D eigenvalue weighted by Gasteiger charge is -2.42. The predicted octanol–water partition coefficient (Wildman–Crippen LogP) is 2.25. The van der Waals surface area contributed by atoms with Crippen LogP contribution >= 0.6 is 0 Å². The van der Waals surface area contributed by atoms with Gasteiger partial charge in [-0.2, -0.15) is 5.10 Å². The van der Waals surface area contributed by atoms with Gasteiger partial charge in [-0.05, 0) is 27.7 Å². The summed E-state index contributed by atoms with van der Waals surface area (Å²) >= 11 is 0. The van der Waals surface area contributed by atoms with Crippen LogP contribution in [0.15, 0.2) is 6.20 Å². The molecule has 1 unspecified atom stereocenters. The van der Waals surface area contributed by atoms with Crippen molar-refractivity contribution >= 4 is 0 Å². The van der Waals surface area contributed by atoms with Crippen molar-refractivity contribution in [3.05, 3.63) is 11.9 Å². The Morgan fingerprint density at radius 1 is 1.47 bits per heavy atom. The van der Waals surface area contributed by atoms with E-state index >= 15 is 0 Å². The smallest absolute Gasteiger partial charge is 0.162 e. The summed E-state index contributed by atoms with van der Waals surface area (Å²) < 4.78 is 12.9. The molecular formula is C14H24N2O3. The number of rotatable bonds is 3. The summed E-state index contributed by atoms with van der Waals surface area (Å²) in [4.78, 5) is 0. The van der Waals surface area contributed by atoms with Crippen LogP contribution in [0.1, 0.15) is 52.3 Å². The van der Waals surface area contributed by atoms with Gasteiger partial charge in [-0.3, -0.25) is 4.68 Å². The van der Waals surface area contributed by atoms with Crippen molar-refractivity contribution in [3.63, 3.8) is 0 Å². The molecule has 0 aliphatic carbocycles. The molecule has 1 aliphatic rings. The number of ether oxygens (including phenoxy) is 2. The summed E-state index contributed by atoms with van der Waals surface area (Å²) in [5, 5.41) is 15.4. The lowest BCUT2D eigenvalue weighted by Crippen LogP contribution is -2.45. The molecule has 2 rings (SSSR count). The van der Waals surface area contributed by atoms with Crippen molar-refractivity contribution < 1.29 is 14.6 Å². The van der Waals surface area contributed by atoms with Crippen LogP contribution < -0.4 is 4.74 Å². The maximum Gasteiger partial charge on any atom is 0.162 e. The molecule has 1 aromatic heterocycles. The van der Waals surface area contributed by atoms with E-state index in [-0.39, 0.29) is 11.6 Å². The lowest BCUT2D eigenvalue weighted by atomic mass is 9.81. The van der Waals surface area contributed by atoms with Crippen LogP contribution in [0.3, 0.4) is 0 Å². The lowest BCUT2D eigenvalue weighted by molar-refractivity contribution is -0.151. The van der Waals surface area contributed by atoms with Crippen LogP contribution in [0.5, 0.6) is 5.75 Å². The van der Waals surface area contributed by atoms with Crippen molar-refractivity contribution in [1.82, 2.24) is 9.78 Å². The zero-order valence-corrected chi connectivity index (χ0v) is 12.4. The Morgan fingerprint density at radius 2 is 2.16 bits per heavy atom. The van der Waals surface area contributed by atoms with Gasteiger partial charge < -0.3 is 14.6 Å². The average molecular weight is 268 g/mol. The minimum atomic E-state index is -0.951. The first-order chi connectivity index (χ1) is 8.79. The second-order valence-electron chi connectivity index (χ2n) is 6.17. The highest BCUT2D eigenvalue weighted by atomic mass is 16.5. The first kappa shape index (κ1) is 14.3. The van der Waals surface area contributed by atoms with E-state index in [4.69, 9.17) is 9.47 Å². The monoisotopic (exact) mass is 268 g/mol. The molecule has 0 radical (unpaired) electrons. The minimum absolute atomic E-state index is 0.175. The molecule has 0 bridgehead atoms. The molecule has 1 aromatic rings. The van der Waals surface area contributed by atoms with Gasteiger partial charge in [0.15, 0.2) is 5.75 Å². The third-order valence-electron chi connectivity index (χ3n) is 3.64. The topological polar surface area (TPSA) is 56.5 Å². The normalized spacial score (nSPS) is 26.7. The number of methoxy groups -OCH3 is 1. The Balaban J connectivity index is 2.47. The SMILES string of the molecule is COc1cnn(C(C)C)c1C1(O)CCOC(C)(C)C1. The zero-order chi connectivity index (χ0) is 14.3. The molecule has 0 saturated carbocycles. The van der Waals surface area contributed by atoms with Gasteiger partial charge in [-0.15, -0.1) is 0 Å². The predicted molar refractivity (Wildman–Crippen MR) is 72.3 cm³/mol. The molecule has 2 heterocycles. The molecule has 0 aromatic carbocycles. The van der Waals surface area contributed by atoms with Gasteiger partial charge in [0.1, 0.15) is 11.3 Å². The minimum Gasteiger partial charge on any atom is -0.493 e. The molecule has 1 atom stereocenters. The number of aliphatic hydroxyl groups is 1. The Kier molecular flexibility index (Phi) is 3.62. The van der Waals surface area contributed by atoms with Gasteiger partial charge in [0.2, 0.25) is 0 Å². The zero-order valence-electron chi connectivity index (χ0n) is 12.4. The molecule has 19 heavy (non-hydrogen) atoms. The second kappa shape index (κ2) is 4.80. The molecule has 1 fully saturated rings. The first-order valence-corrected chi connectivity index (χ1v) is 6.77. The number of hydrogen-bond acceptors (Lipinski definition) is 4. The maximum atomic E-state index is 11.1. The second-order valence-corrected chi connectivity index (χ2v) is 6.17. The van der Waals surface area contributed by atoms with Crippen LogP contribution in [0, 0.1) is 0 Å². The number of hydrogen-bond donors (Lipinski definition) is 1. The molecule has 1 aliphatic heterocycles. The fraction of sp³-hybridized carbons (Fsp3) is 0.786. The largest absolute Gasteiger partial charge is 0.493 e. The van der Waals surface area contributed by atoms with Crippen molar-refractivity contribution in [2.24, 2.45) is 0 Å². The van der Waals surface area contributed by atoms with E-state index in [1.807, 2.05) is 32.4 Å². The molecular weight excluding hydrogens is 244 g/mol. The fourth-order valence-corrected chi connectivity index (χ4v) is 2.87. The molecule has 5 heteroatoms. The van der Waals surface area contributed by atoms with Crippen molar-refractivity contribution in [3.8, 4) is 5.75 Å². The summed E-state index contributed by atoms with van der Waals surface area (Å²) in [5.74, 6) is 0.647. The standard InChI is InChI=1S/C14H24N2O3/c1-10(2)16-12(11(18-5)8-15-16)14(17)6-7-19-13(3,4)9-14/h8,10,17H,6-7,9H2,1-5H3. The van der Waals surface area contributed by atoms with E-state index in [0.29, 0.717) is 25.2 Å². The molecule has 108 valence electrons. The highest BCUT2D eigenvalue weighted by molar-refractivity contribution is 5.32. The highest BCUT2D eigenvalue weighted by Crippen LogP contribution is 2.43. The number of nitrogens with zero attached hydrogens (tertiary/aromatic N) is 2. The van der Waals surface area contributed by atoms with Gasteiger partial charge in [0.05, 0.1) is 25.5 Å². The fourth-order valence-electron chi connectivity index (χ4n) is 2.87. The maximum absolute atomic E-state index is 11.1. The van der Waals surface area contributed by atoms with Crippen LogP contribution in [0.4, 0.5) is 0 Å². The van der Waals surface area contributed by atoms with Gasteiger partial charge in [0, 0.05) is 18.9 Å². The summed E-state index contributed by atoms with van der Waals surface area (Å²) in [6.45, 7) is 8.63. The van der Waals surface area contributed by atoms with E-state index in [1.165, 1.54) is 0 Å². The van der Waals surface area contributed by atoms with Gasteiger partial charge >= 0.3 is 0 Å². The summed E-state index contributed by atoms with van der Waals surface area (Å²) in [7, 11) is 1.61. The Labute approximate surface area is 114 Å². The van der Waals surface area contributed by atoms with Crippen LogP contribution in [-0.2, 0) is 10.3 Å². The van der Waals surface area contributed by atoms with Gasteiger partial charge in [-0.25, -0.2) is 0 Å². The molecule has 0 spiro atoms. The van der Waals surface area contributed by atoms with E-state index in [9.17, 15) is 5.11 Å². The first-order valence-electron chi connectivity index (χ1n) is 6.77. The molecule has 5 nitrogen and oxygen atoms in total.